The minimum absolute atomic E-state index is 0.0206. The topological polar surface area (TPSA) is 66.8 Å². The predicted octanol–water partition coefficient (Wildman–Crippen LogP) is -0.0755. The summed E-state index contributed by atoms with van der Waals surface area (Å²) >= 11 is 0. The summed E-state index contributed by atoms with van der Waals surface area (Å²) in [7, 11) is 0. The highest BCUT2D eigenvalue weighted by Crippen LogP contribution is 2.38. The number of imide groups is 1. The van der Waals surface area contributed by atoms with Gasteiger partial charge in [-0.2, -0.15) is 0 Å². The van der Waals surface area contributed by atoms with Gasteiger partial charge in [0.05, 0.1) is 6.61 Å². The molecule has 1 saturated carbocycles. The minimum atomic E-state index is -0.282. The van der Waals surface area contributed by atoms with Crippen LogP contribution in [0.1, 0.15) is 25.7 Å². The van der Waals surface area contributed by atoms with E-state index >= 15 is 0 Å². The number of aliphatic hydroxyl groups excluding tert-OH is 1. The number of rotatable bonds is 3. The van der Waals surface area contributed by atoms with Crippen LogP contribution in [0.4, 0.5) is 0 Å². The van der Waals surface area contributed by atoms with Gasteiger partial charge in [0.15, 0.2) is 0 Å². The van der Waals surface area contributed by atoms with Crippen LogP contribution >= 0.6 is 0 Å². The normalized spacial score (nSPS) is 25.2. The van der Waals surface area contributed by atoms with Crippen molar-refractivity contribution in [3.63, 3.8) is 0 Å². The van der Waals surface area contributed by atoms with Crippen molar-refractivity contribution >= 4 is 11.8 Å². The van der Waals surface area contributed by atoms with Crippen molar-refractivity contribution in [3.05, 3.63) is 0 Å². The Bertz CT molecular complexity index is 280. The van der Waals surface area contributed by atoms with E-state index in [9.17, 15) is 14.7 Å². The SMILES string of the molecule is O=C1COCC(=O)N1CC1(CO)CCCC1. The van der Waals surface area contributed by atoms with Crippen molar-refractivity contribution in [2.75, 3.05) is 26.4 Å². The quantitative estimate of drug-likeness (QED) is 0.685. The zero-order valence-corrected chi connectivity index (χ0v) is 9.28. The molecule has 1 aliphatic carbocycles. The van der Waals surface area contributed by atoms with Crippen molar-refractivity contribution < 1.29 is 19.4 Å². The van der Waals surface area contributed by atoms with Crippen LogP contribution in [-0.4, -0.2) is 48.2 Å². The van der Waals surface area contributed by atoms with E-state index in [4.69, 9.17) is 4.74 Å². The fourth-order valence-corrected chi connectivity index (χ4v) is 2.52. The van der Waals surface area contributed by atoms with Gasteiger partial charge in [0.1, 0.15) is 13.2 Å². The number of carbonyl (C=O) groups is 2. The number of hydrogen-bond acceptors (Lipinski definition) is 4. The molecule has 0 atom stereocenters. The molecule has 2 aliphatic rings. The lowest BCUT2D eigenvalue weighted by molar-refractivity contribution is -0.161. The summed E-state index contributed by atoms with van der Waals surface area (Å²) in [6.07, 6.45) is 3.91. The van der Waals surface area contributed by atoms with Crippen LogP contribution in [0.25, 0.3) is 0 Å². The Labute approximate surface area is 94.4 Å². The molecule has 1 aliphatic heterocycles. The summed E-state index contributed by atoms with van der Waals surface area (Å²) in [6, 6.07) is 0. The average molecular weight is 227 g/mol. The Kier molecular flexibility index (Phi) is 3.25. The van der Waals surface area contributed by atoms with Crippen LogP contribution in [0.3, 0.4) is 0 Å². The Morgan fingerprint density at radius 3 is 2.25 bits per heavy atom. The first kappa shape index (κ1) is 11.5. The van der Waals surface area contributed by atoms with Crippen molar-refractivity contribution in [1.29, 1.82) is 0 Å². The summed E-state index contributed by atoms with van der Waals surface area (Å²) in [5.74, 6) is -0.563. The molecule has 0 aromatic heterocycles. The number of nitrogens with zero attached hydrogens (tertiary/aromatic N) is 1. The summed E-state index contributed by atoms with van der Waals surface area (Å²) < 4.78 is 4.85. The molecule has 0 spiro atoms. The summed E-state index contributed by atoms with van der Waals surface area (Å²) in [5.41, 5.74) is -0.261. The molecule has 1 heterocycles. The molecule has 90 valence electrons. The second-order valence-electron chi connectivity index (χ2n) is 4.73. The van der Waals surface area contributed by atoms with Crippen LogP contribution in [0.5, 0.6) is 0 Å². The molecule has 2 rings (SSSR count). The molecule has 16 heavy (non-hydrogen) atoms. The highest BCUT2D eigenvalue weighted by atomic mass is 16.5. The van der Waals surface area contributed by atoms with Crippen molar-refractivity contribution in [3.8, 4) is 0 Å². The van der Waals surface area contributed by atoms with Gasteiger partial charge in [0, 0.05) is 12.0 Å². The molecule has 0 aromatic carbocycles. The Balaban J connectivity index is 2.06. The third-order valence-electron chi connectivity index (χ3n) is 3.55. The Morgan fingerprint density at radius 1 is 1.19 bits per heavy atom. The standard InChI is InChI=1S/C11H17NO4/c13-8-11(3-1-2-4-11)7-12-9(14)5-16-6-10(12)15/h13H,1-8H2. The largest absolute Gasteiger partial charge is 0.396 e. The molecule has 1 saturated heterocycles. The van der Waals surface area contributed by atoms with E-state index in [1.807, 2.05) is 0 Å². The van der Waals surface area contributed by atoms with E-state index in [2.05, 4.69) is 0 Å². The van der Waals surface area contributed by atoms with Crippen LogP contribution in [-0.2, 0) is 14.3 Å². The fraction of sp³-hybridized carbons (Fsp3) is 0.818. The Hall–Kier alpha value is -0.940. The molecule has 0 radical (unpaired) electrons. The number of carbonyl (C=O) groups excluding carboxylic acids is 2. The zero-order chi connectivity index (χ0) is 11.6. The highest BCUT2D eigenvalue weighted by Gasteiger charge is 2.39. The van der Waals surface area contributed by atoms with Gasteiger partial charge < -0.3 is 9.84 Å². The lowest BCUT2D eigenvalue weighted by Gasteiger charge is -2.34. The third-order valence-corrected chi connectivity index (χ3v) is 3.55. The smallest absolute Gasteiger partial charge is 0.255 e. The maximum absolute atomic E-state index is 11.5. The molecule has 2 fully saturated rings. The second-order valence-corrected chi connectivity index (χ2v) is 4.73. The predicted molar refractivity (Wildman–Crippen MR) is 55.5 cm³/mol. The number of morpholine rings is 1. The van der Waals surface area contributed by atoms with Gasteiger partial charge in [-0.1, -0.05) is 12.8 Å². The molecular weight excluding hydrogens is 210 g/mol. The molecule has 5 heteroatoms. The van der Waals surface area contributed by atoms with E-state index in [1.54, 1.807) is 0 Å². The first-order chi connectivity index (χ1) is 7.67. The molecular formula is C11H17NO4. The molecule has 2 amide bonds. The zero-order valence-electron chi connectivity index (χ0n) is 9.28. The van der Waals surface area contributed by atoms with Gasteiger partial charge >= 0.3 is 0 Å². The first-order valence-corrected chi connectivity index (χ1v) is 5.69. The lowest BCUT2D eigenvalue weighted by atomic mass is 9.86. The molecule has 0 aromatic rings. The maximum Gasteiger partial charge on any atom is 0.255 e. The van der Waals surface area contributed by atoms with E-state index in [0.717, 1.165) is 25.7 Å². The number of amides is 2. The second kappa shape index (κ2) is 4.51. The van der Waals surface area contributed by atoms with Gasteiger partial charge in [-0.3, -0.25) is 14.5 Å². The van der Waals surface area contributed by atoms with Crippen molar-refractivity contribution in [2.24, 2.45) is 5.41 Å². The number of ether oxygens (including phenoxy) is 1. The van der Waals surface area contributed by atoms with E-state index in [1.165, 1.54) is 4.90 Å². The van der Waals surface area contributed by atoms with Crippen LogP contribution in [0.2, 0.25) is 0 Å². The van der Waals surface area contributed by atoms with Gasteiger partial charge in [0.2, 0.25) is 0 Å². The van der Waals surface area contributed by atoms with E-state index in [0.29, 0.717) is 6.54 Å². The highest BCUT2D eigenvalue weighted by molar-refractivity contribution is 5.98. The summed E-state index contributed by atoms with van der Waals surface area (Å²) in [5, 5.41) is 9.44. The summed E-state index contributed by atoms with van der Waals surface area (Å²) in [6.45, 7) is 0.357. The monoisotopic (exact) mass is 227 g/mol. The maximum atomic E-state index is 11.5. The third kappa shape index (κ3) is 2.10. The van der Waals surface area contributed by atoms with Crippen molar-refractivity contribution in [1.82, 2.24) is 4.90 Å². The van der Waals surface area contributed by atoms with Crippen molar-refractivity contribution in [2.45, 2.75) is 25.7 Å². The number of hydrogen-bond donors (Lipinski definition) is 1. The van der Waals surface area contributed by atoms with Gasteiger partial charge in [-0.25, -0.2) is 0 Å². The minimum Gasteiger partial charge on any atom is -0.396 e. The molecule has 1 N–H and O–H groups in total. The molecule has 0 unspecified atom stereocenters. The average Bonchev–Trinajstić information content (AvgIpc) is 2.73. The van der Waals surface area contributed by atoms with Crippen LogP contribution < -0.4 is 0 Å². The van der Waals surface area contributed by atoms with E-state index in [-0.39, 0.29) is 37.0 Å². The molecule has 0 bridgehead atoms. The molecule has 5 nitrogen and oxygen atoms in total. The fourth-order valence-electron chi connectivity index (χ4n) is 2.52. The van der Waals surface area contributed by atoms with E-state index < -0.39 is 0 Å². The van der Waals surface area contributed by atoms with Crippen LogP contribution in [0, 0.1) is 5.41 Å². The Morgan fingerprint density at radius 2 is 1.75 bits per heavy atom. The van der Waals surface area contributed by atoms with Gasteiger partial charge in [-0.05, 0) is 12.8 Å². The number of aliphatic hydroxyl groups is 1. The first-order valence-electron chi connectivity index (χ1n) is 5.69. The van der Waals surface area contributed by atoms with Crippen LogP contribution in [0.15, 0.2) is 0 Å². The lowest BCUT2D eigenvalue weighted by Crippen LogP contribution is -2.51. The summed E-state index contributed by atoms with van der Waals surface area (Å²) in [4.78, 5) is 24.4. The van der Waals surface area contributed by atoms with Gasteiger partial charge in [0.25, 0.3) is 11.8 Å². The van der Waals surface area contributed by atoms with Gasteiger partial charge in [-0.15, -0.1) is 0 Å².